The van der Waals surface area contributed by atoms with Gasteiger partial charge in [0.1, 0.15) is 11.1 Å². The van der Waals surface area contributed by atoms with Gasteiger partial charge in [0, 0.05) is 19.6 Å². The first-order valence-corrected chi connectivity index (χ1v) is 10.8. The van der Waals surface area contributed by atoms with E-state index in [-0.39, 0.29) is 37.8 Å². The Kier molecular flexibility index (Phi) is 5.84. The number of β-amino-alcohol motifs (C(OH)–C–C–N with tert-alkyl or cyclic N) is 1. The lowest BCUT2D eigenvalue weighted by molar-refractivity contribution is -0.162. The number of urea groups is 1. The van der Waals surface area contributed by atoms with Crippen molar-refractivity contribution >= 4 is 22.0 Å². The van der Waals surface area contributed by atoms with Crippen LogP contribution in [0, 0.1) is 5.82 Å². The lowest BCUT2D eigenvalue weighted by atomic mass is 9.90. The van der Waals surface area contributed by atoms with Gasteiger partial charge in [0.05, 0.1) is 6.54 Å². The van der Waals surface area contributed by atoms with Crippen molar-refractivity contribution in [1.82, 2.24) is 9.21 Å². The Hall–Kier alpha value is -2.24. The molecule has 1 aromatic carbocycles. The highest BCUT2D eigenvalue weighted by molar-refractivity contribution is 7.89. The number of benzene rings is 1. The van der Waals surface area contributed by atoms with Crippen LogP contribution in [0.25, 0.3) is 0 Å². The number of sulfonamides is 1. The average Bonchev–Trinajstić information content (AvgIpc) is 2.68. The van der Waals surface area contributed by atoms with Gasteiger partial charge in [-0.1, -0.05) is 18.2 Å². The van der Waals surface area contributed by atoms with Gasteiger partial charge < -0.3 is 20.8 Å². The molecule has 2 atom stereocenters. The van der Waals surface area contributed by atoms with E-state index in [1.165, 1.54) is 6.07 Å². The molecule has 9 nitrogen and oxygen atoms in total. The summed E-state index contributed by atoms with van der Waals surface area (Å²) in [6.45, 7) is -0.589. The van der Waals surface area contributed by atoms with Crippen LogP contribution in [0.1, 0.15) is 30.7 Å². The SMILES string of the molecule is NC(=O)N1CCC(S(=O)(=O)N2CCC(c3ccccc3F)CC2)C(O)(C(=O)O)C1. The van der Waals surface area contributed by atoms with Crippen LogP contribution in [0.15, 0.2) is 24.3 Å². The van der Waals surface area contributed by atoms with E-state index in [9.17, 15) is 32.6 Å². The monoisotopic (exact) mass is 429 g/mol. The van der Waals surface area contributed by atoms with E-state index in [0.717, 1.165) is 9.21 Å². The third kappa shape index (κ3) is 3.94. The van der Waals surface area contributed by atoms with Crippen molar-refractivity contribution in [2.75, 3.05) is 26.2 Å². The van der Waals surface area contributed by atoms with Crippen LogP contribution in [-0.4, -0.2) is 76.9 Å². The Labute approximate surface area is 167 Å². The second kappa shape index (κ2) is 7.88. The quantitative estimate of drug-likeness (QED) is 0.629. The summed E-state index contributed by atoms with van der Waals surface area (Å²) < 4.78 is 41.5. The van der Waals surface area contributed by atoms with Crippen LogP contribution in [-0.2, 0) is 14.8 Å². The van der Waals surface area contributed by atoms with Gasteiger partial charge in [0.25, 0.3) is 0 Å². The summed E-state index contributed by atoms with van der Waals surface area (Å²) in [6, 6.07) is 5.42. The second-order valence-electron chi connectivity index (χ2n) is 7.51. The molecule has 29 heavy (non-hydrogen) atoms. The van der Waals surface area contributed by atoms with Crippen LogP contribution in [0.3, 0.4) is 0 Å². The smallest absolute Gasteiger partial charge is 0.339 e. The summed E-state index contributed by atoms with van der Waals surface area (Å²) in [5.41, 5.74) is 3.03. The fourth-order valence-electron chi connectivity index (χ4n) is 4.18. The Morgan fingerprint density at radius 1 is 1.14 bits per heavy atom. The largest absolute Gasteiger partial charge is 0.479 e. The number of carboxylic acids is 1. The Balaban J connectivity index is 1.78. The summed E-state index contributed by atoms with van der Waals surface area (Å²) in [7, 11) is -4.17. The van der Waals surface area contributed by atoms with Crippen LogP contribution < -0.4 is 5.73 Å². The average molecular weight is 429 g/mol. The molecule has 1 aromatic rings. The number of rotatable bonds is 4. The van der Waals surface area contributed by atoms with E-state index >= 15 is 0 Å². The number of likely N-dealkylation sites (tertiary alicyclic amines) is 1. The molecule has 0 aromatic heterocycles. The molecule has 2 saturated heterocycles. The van der Waals surface area contributed by atoms with Crippen molar-refractivity contribution in [3.63, 3.8) is 0 Å². The maximum absolute atomic E-state index is 14.0. The van der Waals surface area contributed by atoms with E-state index in [0.29, 0.717) is 18.4 Å². The molecule has 2 fully saturated rings. The third-order valence-electron chi connectivity index (χ3n) is 5.83. The van der Waals surface area contributed by atoms with Gasteiger partial charge in [-0.25, -0.2) is 26.7 Å². The second-order valence-corrected chi connectivity index (χ2v) is 9.62. The minimum absolute atomic E-state index is 0.0689. The Morgan fingerprint density at radius 2 is 1.76 bits per heavy atom. The van der Waals surface area contributed by atoms with E-state index in [1.54, 1.807) is 18.2 Å². The van der Waals surface area contributed by atoms with Gasteiger partial charge in [-0.15, -0.1) is 0 Å². The molecule has 2 heterocycles. The Bertz CT molecular complexity index is 903. The zero-order valence-corrected chi connectivity index (χ0v) is 16.5. The molecule has 0 spiro atoms. The molecule has 160 valence electrons. The summed E-state index contributed by atoms with van der Waals surface area (Å²) in [6.07, 6.45) is 0.513. The summed E-state index contributed by atoms with van der Waals surface area (Å²) in [4.78, 5) is 24.0. The van der Waals surface area contributed by atoms with Crippen LogP contribution >= 0.6 is 0 Å². The number of primary amides is 1. The third-order valence-corrected chi connectivity index (χ3v) is 8.26. The molecular formula is C18H24FN3O6S. The fourth-order valence-corrected chi connectivity index (χ4v) is 6.33. The molecular weight excluding hydrogens is 405 g/mol. The number of piperidine rings is 2. The molecule has 2 aliphatic heterocycles. The predicted octanol–water partition coefficient (Wildman–Crippen LogP) is 0.304. The highest BCUT2D eigenvalue weighted by atomic mass is 32.2. The molecule has 2 unspecified atom stereocenters. The minimum Gasteiger partial charge on any atom is -0.479 e. The number of nitrogens with two attached hydrogens (primary N) is 1. The van der Waals surface area contributed by atoms with Crippen molar-refractivity contribution in [2.24, 2.45) is 5.73 Å². The summed E-state index contributed by atoms with van der Waals surface area (Å²) in [5.74, 6) is -2.20. The first-order chi connectivity index (χ1) is 13.6. The van der Waals surface area contributed by atoms with Crippen molar-refractivity contribution in [3.05, 3.63) is 35.6 Å². The molecule has 2 aliphatic rings. The molecule has 0 aliphatic carbocycles. The standard InChI is InChI=1S/C18H24FN3O6S/c19-14-4-2-1-3-13(14)12-5-9-22(10-6-12)29(27,28)15-7-8-21(17(20)25)11-18(15,26)16(23)24/h1-4,12,15,26H,5-11H2,(H2,20,25)(H,23,24). The van der Waals surface area contributed by atoms with E-state index in [4.69, 9.17) is 5.73 Å². The molecule has 0 bridgehead atoms. The van der Waals surface area contributed by atoms with Gasteiger partial charge in [0.15, 0.2) is 5.60 Å². The zero-order valence-electron chi connectivity index (χ0n) is 15.7. The highest BCUT2D eigenvalue weighted by Gasteiger charge is 2.56. The van der Waals surface area contributed by atoms with E-state index in [2.05, 4.69) is 0 Å². The maximum Gasteiger partial charge on any atom is 0.339 e. The van der Waals surface area contributed by atoms with Crippen LogP contribution in [0.2, 0.25) is 0 Å². The lowest BCUT2D eigenvalue weighted by Gasteiger charge is -2.43. The number of carbonyl (C=O) groups is 2. The number of hydrogen-bond acceptors (Lipinski definition) is 5. The number of aliphatic hydroxyl groups is 1. The van der Waals surface area contributed by atoms with Gasteiger partial charge in [-0.05, 0) is 36.8 Å². The fraction of sp³-hybridized carbons (Fsp3) is 0.556. The predicted molar refractivity (Wildman–Crippen MR) is 101 cm³/mol. The van der Waals surface area contributed by atoms with Crippen molar-refractivity contribution < 1.29 is 32.6 Å². The molecule has 3 rings (SSSR count). The van der Waals surface area contributed by atoms with Crippen molar-refractivity contribution in [2.45, 2.75) is 36.0 Å². The molecule has 4 N–H and O–H groups in total. The number of aliphatic carboxylic acids is 1. The number of carbonyl (C=O) groups excluding carboxylic acids is 1. The number of halogens is 1. The molecule has 11 heteroatoms. The van der Waals surface area contributed by atoms with Crippen molar-refractivity contribution in [1.29, 1.82) is 0 Å². The van der Waals surface area contributed by atoms with Gasteiger partial charge in [-0.3, -0.25) is 0 Å². The number of amides is 2. The number of nitrogens with zero attached hydrogens (tertiary/aromatic N) is 2. The van der Waals surface area contributed by atoms with Crippen LogP contribution in [0.5, 0.6) is 0 Å². The van der Waals surface area contributed by atoms with Crippen molar-refractivity contribution in [3.8, 4) is 0 Å². The maximum atomic E-state index is 14.0. The molecule has 0 radical (unpaired) electrons. The highest BCUT2D eigenvalue weighted by Crippen LogP contribution is 2.35. The normalized spacial score (nSPS) is 27.0. The summed E-state index contributed by atoms with van der Waals surface area (Å²) >= 11 is 0. The van der Waals surface area contributed by atoms with Crippen LogP contribution in [0.4, 0.5) is 9.18 Å². The zero-order chi connectivity index (χ0) is 21.4. The first kappa shape index (κ1) is 21.5. The lowest BCUT2D eigenvalue weighted by Crippen LogP contribution is -2.66. The topological polar surface area (TPSA) is 141 Å². The van der Waals surface area contributed by atoms with E-state index < -0.39 is 39.4 Å². The Morgan fingerprint density at radius 3 is 2.31 bits per heavy atom. The number of carboxylic acid groups (broad SMARTS) is 1. The van der Waals surface area contributed by atoms with Gasteiger partial charge in [-0.2, -0.15) is 0 Å². The minimum atomic E-state index is -4.17. The number of hydrogen-bond donors (Lipinski definition) is 3. The summed E-state index contributed by atoms with van der Waals surface area (Å²) in [5, 5.41) is 18.5. The van der Waals surface area contributed by atoms with Gasteiger partial charge in [0.2, 0.25) is 10.0 Å². The van der Waals surface area contributed by atoms with Gasteiger partial charge >= 0.3 is 12.0 Å². The first-order valence-electron chi connectivity index (χ1n) is 9.31. The molecule has 0 saturated carbocycles. The molecule has 2 amide bonds. The van der Waals surface area contributed by atoms with E-state index in [1.807, 2.05) is 0 Å².